The van der Waals surface area contributed by atoms with Gasteiger partial charge in [0.25, 0.3) is 5.91 Å². The van der Waals surface area contributed by atoms with E-state index in [1.165, 1.54) is 24.0 Å². The van der Waals surface area contributed by atoms with Crippen LogP contribution in [0.4, 0.5) is 0 Å². The molecule has 2 rings (SSSR count). The molecule has 0 saturated carbocycles. The minimum absolute atomic E-state index is 0.0927. The van der Waals surface area contributed by atoms with Gasteiger partial charge < -0.3 is 10.5 Å². The molecule has 2 aromatic carbocycles. The fraction of sp³-hybridized carbons (Fsp3) is 0.409. The van der Waals surface area contributed by atoms with Crippen molar-refractivity contribution in [2.24, 2.45) is 5.73 Å². The van der Waals surface area contributed by atoms with Gasteiger partial charge in [0.15, 0.2) is 6.61 Å². The van der Waals surface area contributed by atoms with Gasteiger partial charge in [-0.2, -0.15) is 0 Å². The Balaban J connectivity index is 2.16. The van der Waals surface area contributed by atoms with Crippen molar-refractivity contribution in [1.29, 1.82) is 0 Å². The van der Waals surface area contributed by atoms with Crippen molar-refractivity contribution in [3.63, 3.8) is 0 Å². The number of carbonyl (C=O) groups is 1. The summed E-state index contributed by atoms with van der Waals surface area (Å²) in [5, 5.41) is 0. The fourth-order valence-electron chi connectivity index (χ4n) is 3.21. The van der Waals surface area contributed by atoms with Gasteiger partial charge in [-0.15, -0.1) is 0 Å². The van der Waals surface area contributed by atoms with Crippen molar-refractivity contribution in [1.82, 2.24) is 4.90 Å². The summed E-state index contributed by atoms with van der Waals surface area (Å²) in [4.78, 5) is 13.5. The average molecular weight is 354 g/mol. The Morgan fingerprint density at radius 2 is 1.88 bits per heavy atom. The molecule has 0 radical (unpaired) electrons. The standard InChI is InChI=1S/C22H30N2O2/c1-3-5-14-24(21(4-2)19-11-7-6-8-12-19)16-18-10-9-13-20(15-18)26-17-22(23)25/h6-13,15,21H,3-5,14,16-17H2,1-2H3,(H2,23,25)/t21-/m0/s1. The Labute approximate surface area is 157 Å². The lowest BCUT2D eigenvalue weighted by Gasteiger charge is -2.31. The maximum absolute atomic E-state index is 10.9. The highest BCUT2D eigenvalue weighted by Crippen LogP contribution is 2.27. The average Bonchev–Trinajstić information content (AvgIpc) is 2.66. The number of hydrogen-bond acceptors (Lipinski definition) is 3. The summed E-state index contributed by atoms with van der Waals surface area (Å²) in [6.07, 6.45) is 3.40. The van der Waals surface area contributed by atoms with Crippen LogP contribution in [0.15, 0.2) is 54.6 Å². The molecule has 1 atom stereocenters. The monoisotopic (exact) mass is 354 g/mol. The number of amides is 1. The van der Waals surface area contributed by atoms with E-state index in [-0.39, 0.29) is 6.61 Å². The van der Waals surface area contributed by atoms with Gasteiger partial charge in [-0.05, 0) is 42.6 Å². The van der Waals surface area contributed by atoms with Crippen molar-refractivity contribution in [2.75, 3.05) is 13.2 Å². The molecule has 2 N–H and O–H groups in total. The lowest BCUT2D eigenvalue weighted by Crippen LogP contribution is -2.29. The van der Waals surface area contributed by atoms with E-state index >= 15 is 0 Å². The minimum atomic E-state index is -0.463. The number of ether oxygens (including phenoxy) is 1. The first kappa shape index (κ1) is 20.0. The summed E-state index contributed by atoms with van der Waals surface area (Å²) >= 11 is 0. The summed E-state index contributed by atoms with van der Waals surface area (Å²) in [6.45, 7) is 6.27. The highest BCUT2D eigenvalue weighted by atomic mass is 16.5. The number of primary amides is 1. The normalized spacial score (nSPS) is 12.1. The van der Waals surface area contributed by atoms with E-state index in [0.717, 1.165) is 19.5 Å². The lowest BCUT2D eigenvalue weighted by atomic mass is 10.0. The molecule has 0 aromatic heterocycles. The van der Waals surface area contributed by atoms with E-state index in [9.17, 15) is 4.79 Å². The second-order valence-electron chi connectivity index (χ2n) is 6.56. The number of unbranched alkanes of at least 4 members (excludes halogenated alkanes) is 1. The van der Waals surface area contributed by atoms with Crippen LogP contribution in [0.3, 0.4) is 0 Å². The van der Waals surface area contributed by atoms with Gasteiger partial charge in [0.05, 0.1) is 0 Å². The van der Waals surface area contributed by atoms with Crippen molar-refractivity contribution in [2.45, 2.75) is 45.7 Å². The maximum atomic E-state index is 10.9. The molecule has 2 aromatic rings. The summed E-state index contributed by atoms with van der Waals surface area (Å²) < 4.78 is 5.45. The van der Waals surface area contributed by atoms with Gasteiger partial charge in [-0.3, -0.25) is 9.69 Å². The quantitative estimate of drug-likeness (QED) is 0.654. The van der Waals surface area contributed by atoms with Gasteiger partial charge in [0.2, 0.25) is 0 Å². The zero-order valence-electron chi connectivity index (χ0n) is 15.9. The summed E-state index contributed by atoms with van der Waals surface area (Å²) in [5.74, 6) is 0.222. The van der Waals surface area contributed by atoms with Crippen LogP contribution in [0.1, 0.15) is 50.3 Å². The summed E-state index contributed by atoms with van der Waals surface area (Å²) in [5.41, 5.74) is 7.70. The van der Waals surface area contributed by atoms with E-state index < -0.39 is 5.91 Å². The van der Waals surface area contributed by atoms with Gasteiger partial charge in [-0.1, -0.05) is 62.7 Å². The number of rotatable bonds is 11. The molecule has 140 valence electrons. The van der Waals surface area contributed by atoms with Crippen LogP contribution in [0.25, 0.3) is 0 Å². The predicted octanol–water partition coefficient (Wildman–Crippen LogP) is 4.30. The van der Waals surface area contributed by atoms with E-state index in [0.29, 0.717) is 11.8 Å². The fourth-order valence-corrected chi connectivity index (χ4v) is 3.21. The van der Waals surface area contributed by atoms with E-state index in [4.69, 9.17) is 10.5 Å². The number of benzene rings is 2. The van der Waals surface area contributed by atoms with Gasteiger partial charge >= 0.3 is 0 Å². The number of nitrogens with two attached hydrogens (primary N) is 1. The van der Waals surface area contributed by atoms with E-state index in [2.05, 4.69) is 55.1 Å². The molecule has 0 saturated heterocycles. The molecule has 0 aliphatic heterocycles. The van der Waals surface area contributed by atoms with Crippen molar-refractivity contribution in [3.05, 3.63) is 65.7 Å². The zero-order chi connectivity index (χ0) is 18.8. The second-order valence-corrected chi connectivity index (χ2v) is 6.56. The predicted molar refractivity (Wildman–Crippen MR) is 106 cm³/mol. The van der Waals surface area contributed by atoms with Crippen molar-refractivity contribution in [3.8, 4) is 5.75 Å². The summed E-state index contributed by atoms with van der Waals surface area (Å²) in [7, 11) is 0. The molecule has 0 aliphatic rings. The van der Waals surface area contributed by atoms with Crippen LogP contribution >= 0.6 is 0 Å². The molecule has 0 fully saturated rings. The molecule has 0 aliphatic carbocycles. The molecule has 1 amide bonds. The van der Waals surface area contributed by atoms with Gasteiger partial charge in [0, 0.05) is 12.6 Å². The number of hydrogen-bond donors (Lipinski definition) is 1. The Morgan fingerprint density at radius 3 is 2.54 bits per heavy atom. The summed E-state index contributed by atoms with van der Waals surface area (Å²) in [6, 6.07) is 19.0. The highest BCUT2D eigenvalue weighted by Gasteiger charge is 2.18. The molecule has 0 bridgehead atoms. The molecule has 4 heteroatoms. The number of carbonyl (C=O) groups excluding carboxylic acids is 1. The first-order valence-corrected chi connectivity index (χ1v) is 9.43. The molecule has 26 heavy (non-hydrogen) atoms. The van der Waals surface area contributed by atoms with Crippen LogP contribution < -0.4 is 10.5 Å². The Hall–Kier alpha value is -2.33. The second kappa shape index (κ2) is 10.6. The van der Waals surface area contributed by atoms with Crippen LogP contribution in [0.5, 0.6) is 5.75 Å². The molecule has 0 spiro atoms. The third kappa shape index (κ3) is 6.19. The van der Waals surface area contributed by atoms with E-state index in [1.807, 2.05) is 18.2 Å². The molecular weight excluding hydrogens is 324 g/mol. The Kier molecular flexibility index (Phi) is 8.16. The lowest BCUT2D eigenvalue weighted by molar-refractivity contribution is -0.119. The molecule has 0 unspecified atom stereocenters. The van der Waals surface area contributed by atoms with Crippen molar-refractivity contribution < 1.29 is 9.53 Å². The molecule has 4 nitrogen and oxygen atoms in total. The SMILES string of the molecule is CCCCN(Cc1cccc(OCC(N)=O)c1)[C@@H](CC)c1ccccc1. The van der Waals surface area contributed by atoms with Crippen LogP contribution in [0, 0.1) is 0 Å². The smallest absolute Gasteiger partial charge is 0.255 e. The Morgan fingerprint density at radius 1 is 1.12 bits per heavy atom. The van der Waals surface area contributed by atoms with Crippen molar-refractivity contribution >= 4 is 5.91 Å². The van der Waals surface area contributed by atoms with Gasteiger partial charge in [0.1, 0.15) is 5.75 Å². The Bertz CT molecular complexity index is 673. The van der Waals surface area contributed by atoms with Crippen LogP contribution in [0.2, 0.25) is 0 Å². The molecule has 0 heterocycles. The van der Waals surface area contributed by atoms with E-state index in [1.54, 1.807) is 0 Å². The van der Waals surface area contributed by atoms with Crippen LogP contribution in [-0.4, -0.2) is 24.0 Å². The third-order valence-corrected chi connectivity index (χ3v) is 4.48. The zero-order valence-corrected chi connectivity index (χ0v) is 15.9. The number of nitrogens with zero attached hydrogens (tertiary/aromatic N) is 1. The topological polar surface area (TPSA) is 55.6 Å². The first-order chi connectivity index (χ1) is 12.6. The largest absolute Gasteiger partial charge is 0.484 e. The molecular formula is C22H30N2O2. The van der Waals surface area contributed by atoms with Crippen LogP contribution in [-0.2, 0) is 11.3 Å². The van der Waals surface area contributed by atoms with Gasteiger partial charge in [-0.25, -0.2) is 0 Å². The highest BCUT2D eigenvalue weighted by molar-refractivity contribution is 5.75. The first-order valence-electron chi connectivity index (χ1n) is 9.43. The minimum Gasteiger partial charge on any atom is -0.484 e. The third-order valence-electron chi connectivity index (χ3n) is 4.48. The maximum Gasteiger partial charge on any atom is 0.255 e.